The first-order valence-corrected chi connectivity index (χ1v) is 6.74. The molecule has 1 heterocycles. The maximum absolute atomic E-state index is 12.9. The van der Waals surface area contributed by atoms with Crippen molar-refractivity contribution >= 4 is 10.0 Å². The lowest BCUT2D eigenvalue weighted by atomic mass is 9.99. The van der Waals surface area contributed by atoms with Gasteiger partial charge >= 0.3 is 6.18 Å². The fourth-order valence-electron chi connectivity index (χ4n) is 1.41. The number of nitrogens with one attached hydrogen (secondary N) is 1. The van der Waals surface area contributed by atoms with E-state index in [0.717, 1.165) is 26.2 Å². The SMILES string of the molecule is CC(C)(NS(=O)(=O)c1cncc(F)c1)C(O)C(F)(F)F. The van der Waals surface area contributed by atoms with Gasteiger partial charge in [-0.1, -0.05) is 0 Å². The lowest BCUT2D eigenvalue weighted by molar-refractivity contribution is -0.221. The molecule has 1 rings (SSSR count). The Labute approximate surface area is 112 Å². The summed E-state index contributed by atoms with van der Waals surface area (Å²) in [5, 5.41) is 9.14. The van der Waals surface area contributed by atoms with Crippen molar-refractivity contribution in [1.29, 1.82) is 0 Å². The molecule has 1 aromatic heterocycles. The van der Waals surface area contributed by atoms with Gasteiger partial charge in [-0.05, 0) is 19.9 Å². The molecular weight excluding hydrogens is 304 g/mol. The number of sulfonamides is 1. The van der Waals surface area contributed by atoms with E-state index in [-0.39, 0.29) is 0 Å². The molecule has 1 aromatic rings. The van der Waals surface area contributed by atoms with Crippen molar-refractivity contribution in [2.75, 3.05) is 0 Å². The van der Waals surface area contributed by atoms with Gasteiger partial charge in [0.25, 0.3) is 0 Å². The summed E-state index contributed by atoms with van der Waals surface area (Å²) >= 11 is 0. The number of pyridine rings is 1. The summed E-state index contributed by atoms with van der Waals surface area (Å²) in [7, 11) is -4.46. The Kier molecular flexibility index (Phi) is 4.42. The Bertz CT molecular complexity index is 586. The van der Waals surface area contributed by atoms with Gasteiger partial charge in [0.2, 0.25) is 10.0 Å². The number of hydrogen-bond donors (Lipinski definition) is 2. The smallest absolute Gasteiger partial charge is 0.382 e. The molecular formula is C10H12F4N2O3S. The van der Waals surface area contributed by atoms with Crippen molar-refractivity contribution < 1.29 is 31.1 Å². The third kappa shape index (κ3) is 3.87. The van der Waals surface area contributed by atoms with Gasteiger partial charge in [-0.15, -0.1) is 0 Å². The fourth-order valence-corrected chi connectivity index (χ4v) is 2.80. The first-order valence-electron chi connectivity index (χ1n) is 5.25. The lowest BCUT2D eigenvalue weighted by Crippen LogP contribution is -2.57. The fraction of sp³-hybridized carbons (Fsp3) is 0.500. The molecule has 114 valence electrons. The van der Waals surface area contributed by atoms with Gasteiger partial charge in [0.05, 0.1) is 11.7 Å². The molecule has 5 nitrogen and oxygen atoms in total. The van der Waals surface area contributed by atoms with E-state index in [1.54, 1.807) is 4.72 Å². The van der Waals surface area contributed by atoms with Gasteiger partial charge in [0, 0.05) is 6.20 Å². The minimum Gasteiger partial charge on any atom is -0.382 e. The van der Waals surface area contributed by atoms with Gasteiger partial charge in [-0.3, -0.25) is 4.98 Å². The highest BCUT2D eigenvalue weighted by molar-refractivity contribution is 7.89. The van der Waals surface area contributed by atoms with Crippen LogP contribution in [-0.4, -0.2) is 36.3 Å². The van der Waals surface area contributed by atoms with Crippen LogP contribution < -0.4 is 4.72 Å². The number of rotatable bonds is 4. The lowest BCUT2D eigenvalue weighted by Gasteiger charge is -2.32. The molecule has 0 spiro atoms. The van der Waals surface area contributed by atoms with Crippen molar-refractivity contribution in [2.24, 2.45) is 0 Å². The van der Waals surface area contributed by atoms with Crippen LogP contribution in [0.2, 0.25) is 0 Å². The van der Waals surface area contributed by atoms with E-state index in [2.05, 4.69) is 4.98 Å². The number of hydrogen-bond acceptors (Lipinski definition) is 4. The van der Waals surface area contributed by atoms with Crippen LogP contribution in [0.15, 0.2) is 23.4 Å². The third-order valence-corrected chi connectivity index (χ3v) is 4.02. The molecule has 2 N–H and O–H groups in total. The van der Waals surface area contributed by atoms with Crippen molar-refractivity contribution in [2.45, 2.75) is 36.6 Å². The molecule has 0 aliphatic rings. The summed E-state index contributed by atoms with van der Waals surface area (Å²) in [4.78, 5) is 2.66. The molecule has 0 aromatic carbocycles. The maximum Gasteiger partial charge on any atom is 0.416 e. The normalized spacial score (nSPS) is 15.2. The van der Waals surface area contributed by atoms with Gasteiger partial charge in [-0.25, -0.2) is 17.5 Å². The minimum atomic E-state index is -5.01. The summed E-state index contributed by atoms with van der Waals surface area (Å²) < 4.78 is 75.5. The summed E-state index contributed by atoms with van der Waals surface area (Å²) in [6, 6.07) is 0.603. The molecule has 0 aliphatic carbocycles. The molecule has 20 heavy (non-hydrogen) atoms. The van der Waals surface area contributed by atoms with Gasteiger partial charge in [0.15, 0.2) is 6.10 Å². The van der Waals surface area contributed by atoms with Crippen LogP contribution in [0.25, 0.3) is 0 Å². The Morgan fingerprint density at radius 2 is 1.85 bits per heavy atom. The van der Waals surface area contributed by atoms with E-state index in [1.807, 2.05) is 0 Å². The van der Waals surface area contributed by atoms with Crippen LogP contribution >= 0.6 is 0 Å². The predicted molar refractivity (Wildman–Crippen MR) is 60.7 cm³/mol. The molecule has 0 amide bonds. The van der Waals surface area contributed by atoms with E-state index >= 15 is 0 Å². The summed E-state index contributed by atoms with van der Waals surface area (Å²) in [6.45, 7) is 1.71. The maximum atomic E-state index is 12.9. The zero-order valence-electron chi connectivity index (χ0n) is 10.4. The van der Waals surface area contributed by atoms with Crippen molar-refractivity contribution in [1.82, 2.24) is 9.71 Å². The highest BCUT2D eigenvalue weighted by atomic mass is 32.2. The number of halogens is 4. The van der Waals surface area contributed by atoms with Crippen LogP contribution in [0.5, 0.6) is 0 Å². The first kappa shape index (κ1) is 16.8. The molecule has 0 fully saturated rings. The zero-order chi connectivity index (χ0) is 15.8. The van der Waals surface area contributed by atoms with Crippen LogP contribution in [0.4, 0.5) is 17.6 Å². The van der Waals surface area contributed by atoms with Crippen molar-refractivity contribution in [3.05, 3.63) is 24.3 Å². The van der Waals surface area contributed by atoms with Crippen LogP contribution in [0, 0.1) is 5.82 Å². The highest BCUT2D eigenvalue weighted by Gasteiger charge is 2.49. The Morgan fingerprint density at radius 3 is 2.30 bits per heavy atom. The number of aliphatic hydroxyl groups is 1. The topological polar surface area (TPSA) is 79.3 Å². The summed E-state index contributed by atoms with van der Waals surface area (Å²) in [5.74, 6) is -0.956. The second-order valence-corrected chi connectivity index (χ2v) is 6.29. The second-order valence-electron chi connectivity index (χ2n) is 4.61. The molecule has 10 heteroatoms. The Morgan fingerprint density at radius 1 is 1.30 bits per heavy atom. The van der Waals surface area contributed by atoms with Crippen molar-refractivity contribution in [3.63, 3.8) is 0 Å². The van der Waals surface area contributed by atoms with Crippen molar-refractivity contribution in [3.8, 4) is 0 Å². The average molecular weight is 316 g/mol. The number of nitrogens with zero attached hydrogens (tertiary/aromatic N) is 1. The number of aliphatic hydroxyl groups excluding tert-OH is 1. The largest absolute Gasteiger partial charge is 0.416 e. The molecule has 1 unspecified atom stereocenters. The Balaban J connectivity index is 3.08. The van der Waals surface area contributed by atoms with E-state index in [4.69, 9.17) is 5.11 Å². The van der Waals surface area contributed by atoms with Gasteiger partial charge in [0.1, 0.15) is 10.7 Å². The molecule has 0 aliphatic heterocycles. The molecule has 0 radical (unpaired) electrons. The zero-order valence-corrected chi connectivity index (χ0v) is 11.3. The van der Waals surface area contributed by atoms with Crippen LogP contribution in [0.3, 0.4) is 0 Å². The molecule has 0 bridgehead atoms. The first-order chi connectivity index (χ1) is 8.86. The molecule has 0 saturated heterocycles. The average Bonchev–Trinajstić information content (AvgIpc) is 2.25. The standard InChI is InChI=1S/C10H12F4N2O3S/c1-9(2,8(17)10(12,13)14)16-20(18,19)7-3-6(11)4-15-5-7/h3-5,8,16-17H,1-2H3. The predicted octanol–water partition coefficient (Wildman–Crippen LogP) is 1.20. The highest BCUT2D eigenvalue weighted by Crippen LogP contribution is 2.29. The number of aromatic nitrogens is 1. The third-order valence-electron chi connectivity index (χ3n) is 2.38. The van der Waals surface area contributed by atoms with E-state index in [9.17, 15) is 26.0 Å². The summed E-state index contributed by atoms with van der Waals surface area (Å²) in [5.41, 5.74) is -2.23. The monoisotopic (exact) mass is 316 g/mol. The summed E-state index contributed by atoms with van der Waals surface area (Å²) in [6.07, 6.45) is -6.41. The minimum absolute atomic E-state index is 0.603. The van der Waals surface area contributed by atoms with E-state index < -0.39 is 38.6 Å². The van der Waals surface area contributed by atoms with Crippen LogP contribution in [0.1, 0.15) is 13.8 Å². The van der Waals surface area contributed by atoms with E-state index in [1.165, 1.54) is 0 Å². The van der Waals surface area contributed by atoms with Gasteiger partial charge in [-0.2, -0.15) is 13.2 Å². The molecule has 1 atom stereocenters. The number of alkyl halides is 3. The van der Waals surface area contributed by atoms with Crippen LogP contribution in [-0.2, 0) is 10.0 Å². The second kappa shape index (κ2) is 5.26. The molecule has 0 saturated carbocycles. The van der Waals surface area contributed by atoms with E-state index in [0.29, 0.717) is 6.07 Å². The van der Waals surface area contributed by atoms with Gasteiger partial charge < -0.3 is 5.11 Å². The Hall–Kier alpha value is -1.26. The quantitative estimate of drug-likeness (QED) is 0.818.